The molecule has 0 aliphatic carbocycles. The van der Waals surface area contributed by atoms with Crippen LogP contribution >= 0.6 is 0 Å². The molecule has 2 aromatic rings. The van der Waals surface area contributed by atoms with Gasteiger partial charge in [-0.25, -0.2) is 4.68 Å². The minimum Gasteiger partial charge on any atom is -0.371 e. The first-order valence-corrected chi connectivity index (χ1v) is 10.3. The third-order valence-corrected chi connectivity index (χ3v) is 6.01. The molecule has 1 N–H and O–H groups in total. The Hall–Kier alpha value is -2.36. The van der Waals surface area contributed by atoms with E-state index >= 15 is 0 Å². The predicted molar refractivity (Wildman–Crippen MR) is 104 cm³/mol. The lowest BCUT2D eigenvalue weighted by Crippen LogP contribution is -2.43. The van der Waals surface area contributed by atoms with Crippen LogP contribution < -0.4 is 5.32 Å². The van der Waals surface area contributed by atoms with E-state index in [0.29, 0.717) is 19.0 Å². The second-order valence-electron chi connectivity index (χ2n) is 8.10. The number of ether oxygens (including phenoxy) is 2. The molecule has 1 aromatic carbocycles. The molecule has 1 amide bonds. The van der Waals surface area contributed by atoms with Crippen molar-refractivity contribution in [2.24, 2.45) is 0 Å². The van der Waals surface area contributed by atoms with Crippen molar-refractivity contribution in [3.8, 4) is 11.4 Å². The highest BCUT2D eigenvalue weighted by atomic mass is 16.6. The van der Waals surface area contributed by atoms with Crippen molar-refractivity contribution < 1.29 is 14.3 Å². The molecule has 0 radical (unpaired) electrons. The quantitative estimate of drug-likeness (QED) is 0.795. The average Bonchev–Trinajstić information content (AvgIpc) is 3.48. The molecule has 3 saturated heterocycles. The molecule has 4 atom stereocenters. The smallest absolute Gasteiger partial charge is 0.217 e. The van der Waals surface area contributed by atoms with E-state index in [-0.39, 0.29) is 30.2 Å². The summed E-state index contributed by atoms with van der Waals surface area (Å²) in [6.07, 6.45) is 2.20. The number of amides is 1. The number of rotatable bonds is 5. The molecule has 0 saturated carbocycles. The molecule has 0 spiro atoms. The van der Waals surface area contributed by atoms with Crippen LogP contribution in [0.15, 0.2) is 24.3 Å². The fourth-order valence-corrected chi connectivity index (χ4v) is 4.69. The minimum absolute atomic E-state index is 0.0794. The van der Waals surface area contributed by atoms with Crippen LogP contribution in [0.5, 0.6) is 0 Å². The van der Waals surface area contributed by atoms with Gasteiger partial charge in [-0.15, -0.1) is 5.10 Å². The molecule has 29 heavy (non-hydrogen) atoms. The third-order valence-electron chi connectivity index (χ3n) is 6.01. The highest BCUT2D eigenvalue weighted by molar-refractivity contribution is 5.73. The van der Waals surface area contributed by atoms with Gasteiger partial charge in [0.15, 0.2) is 5.82 Å². The van der Waals surface area contributed by atoms with Crippen LogP contribution in [0.4, 0.5) is 0 Å². The highest BCUT2D eigenvalue weighted by Gasteiger charge is 2.49. The molecular weight excluding hydrogens is 372 g/mol. The number of benzene rings is 1. The predicted octanol–water partition coefficient (Wildman–Crippen LogP) is 0.779. The molecule has 9 heteroatoms. The third kappa shape index (κ3) is 3.65. The number of fused-ring (bicyclic) bond motifs is 1. The molecule has 0 bridgehead atoms. The summed E-state index contributed by atoms with van der Waals surface area (Å²) in [6.45, 7) is 5.68. The lowest BCUT2D eigenvalue weighted by Gasteiger charge is -2.18. The zero-order valence-electron chi connectivity index (χ0n) is 16.5. The first kappa shape index (κ1) is 18.7. The number of hydrogen-bond acceptors (Lipinski definition) is 7. The molecular formula is C20H26N6O3. The van der Waals surface area contributed by atoms with E-state index in [1.165, 1.54) is 25.3 Å². The number of nitrogens with one attached hydrogen (secondary N) is 1. The van der Waals surface area contributed by atoms with Gasteiger partial charge in [0.05, 0.1) is 19.3 Å². The van der Waals surface area contributed by atoms with Gasteiger partial charge in [-0.3, -0.25) is 9.69 Å². The summed E-state index contributed by atoms with van der Waals surface area (Å²) in [7, 11) is 0. The topological polar surface area (TPSA) is 94.4 Å². The molecule has 4 heterocycles. The van der Waals surface area contributed by atoms with E-state index in [4.69, 9.17) is 9.47 Å². The molecule has 3 fully saturated rings. The van der Waals surface area contributed by atoms with Gasteiger partial charge < -0.3 is 14.8 Å². The Kier molecular flexibility index (Phi) is 5.03. The van der Waals surface area contributed by atoms with E-state index in [2.05, 4.69) is 43.9 Å². The molecule has 154 valence electrons. The van der Waals surface area contributed by atoms with E-state index in [1.807, 2.05) is 10.7 Å². The second kappa shape index (κ2) is 7.81. The fraction of sp³-hybridized carbons (Fsp3) is 0.600. The van der Waals surface area contributed by atoms with Gasteiger partial charge in [-0.2, -0.15) is 0 Å². The number of aromatic nitrogens is 4. The summed E-state index contributed by atoms with van der Waals surface area (Å²) in [5, 5.41) is 15.4. The molecule has 1 aromatic heterocycles. The number of tetrazole rings is 1. The van der Waals surface area contributed by atoms with Crippen LogP contribution in [-0.2, 0) is 20.8 Å². The Morgan fingerprint density at radius 1 is 1.21 bits per heavy atom. The van der Waals surface area contributed by atoms with E-state index < -0.39 is 0 Å². The van der Waals surface area contributed by atoms with Crippen molar-refractivity contribution >= 4 is 5.91 Å². The summed E-state index contributed by atoms with van der Waals surface area (Å²) in [5.41, 5.74) is 2.26. The molecule has 9 nitrogen and oxygen atoms in total. The lowest BCUT2D eigenvalue weighted by molar-refractivity contribution is -0.120. The van der Waals surface area contributed by atoms with Crippen LogP contribution in [0, 0.1) is 0 Å². The van der Waals surface area contributed by atoms with Crippen molar-refractivity contribution in [3.63, 3.8) is 0 Å². The number of likely N-dealkylation sites (tertiary alicyclic amines) is 1. The standard InChI is InChI=1S/C20H26N6O3/c1-13(27)21-16-11-28-19-17(12-29-18(16)19)26-20(22-23-24-26)15-6-4-5-14(9-15)10-25-7-2-3-8-25/h4-6,9,16-19H,2-3,7-8,10-12H2,1H3,(H,21,27)/t16-,17-,18+,19+/m0/s1. The summed E-state index contributed by atoms with van der Waals surface area (Å²) >= 11 is 0. The maximum atomic E-state index is 11.4. The number of carbonyl (C=O) groups is 1. The maximum absolute atomic E-state index is 11.4. The Labute approximate surface area is 169 Å². The zero-order valence-corrected chi connectivity index (χ0v) is 16.5. The van der Waals surface area contributed by atoms with Crippen molar-refractivity contribution in [1.29, 1.82) is 0 Å². The van der Waals surface area contributed by atoms with Crippen molar-refractivity contribution in [2.75, 3.05) is 26.3 Å². The Morgan fingerprint density at radius 2 is 2.03 bits per heavy atom. The first-order valence-electron chi connectivity index (χ1n) is 10.3. The minimum atomic E-state index is -0.179. The van der Waals surface area contributed by atoms with Gasteiger partial charge in [0.2, 0.25) is 5.91 Å². The number of hydrogen-bond donors (Lipinski definition) is 1. The lowest BCUT2D eigenvalue weighted by atomic mass is 10.1. The Morgan fingerprint density at radius 3 is 2.86 bits per heavy atom. The van der Waals surface area contributed by atoms with Crippen LogP contribution in [0.25, 0.3) is 11.4 Å². The van der Waals surface area contributed by atoms with E-state index in [1.54, 1.807) is 0 Å². The molecule has 0 unspecified atom stereocenters. The first-order chi connectivity index (χ1) is 14.2. The van der Waals surface area contributed by atoms with Gasteiger partial charge in [0, 0.05) is 19.0 Å². The second-order valence-corrected chi connectivity index (χ2v) is 8.10. The molecule has 5 rings (SSSR count). The van der Waals surface area contributed by atoms with Gasteiger partial charge in [0.1, 0.15) is 18.2 Å². The van der Waals surface area contributed by atoms with Gasteiger partial charge in [-0.1, -0.05) is 18.2 Å². The number of nitrogens with zero attached hydrogens (tertiary/aromatic N) is 5. The molecule has 3 aliphatic heterocycles. The van der Waals surface area contributed by atoms with Crippen molar-refractivity contribution in [1.82, 2.24) is 30.4 Å². The van der Waals surface area contributed by atoms with E-state index in [0.717, 1.165) is 25.2 Å². The molecule has 3 aliphatic rings. The van der Waals surface area contributed by atoms with Crippen molar-refractivity contribution in [2.45, 2.75) is 50.6 Å². The summed E-state index contributed by atoms with van der Waals surface area (Å²) in [6, 6.07) is 8.18. The van der Waals surface area contributed by atoms with Crippen LogP contribution in [0.2, 0.25) is 0 Å². The number of carbonyl (C=O) groups excluding carboxylic acids is 1. The summed E-state index contributed by atoms with van der Waals surface area (Å²) in [5.74, 6) is 0.637. The van der Waals surface area contributed by atoms with Gasteiger partial charge in [0.25, 0.3) is 0 Å². The summed E-state index contributed by atoms with van der Waals surface area (Å²) < 4.78 is 13.7. The normalized spacial score (nSPS) is 29.3. The Bertz CT molecular complexity index is 881. The monoisotopic (exact) mass is 398 g/mol. The summed E-state index contributed by atoms with van der Waals surface area (Å²) in [4.78, 5) is 13.9. The largest absolute Gasteiger partial charge is 0.371 e. The Balaban J connectivity index is 1.36. The SMILES string of the molecule is CC(=O)N[C@H]1CO[C@H]2[C@@H]1OC[C@@H]2n1nnnc1-c1cccc(CN2CCCC2)c1. The van der Waals surface area contributed by atoms with Crippen LogP contribution in [-0.4, -0.2) is 75.6 Å². The fourth-order valence-electron chi connectivity index (χ4n) is 4.69. The zero-order chi connectivity index (χ0) is 19.8. The maximum Gasteiger partial charge on any atom is 0.217 e. The highest BCUT2D eigenvalue weighted by Crippen LogP contribution is 2.35. The average molecular weight is 398 g/mol. The van der Waals surface area contributed by atoms with E-state index in [9.17, 15) is 4.79 Å². The van der Waals surface area contributed by atoms with Gasteiger partial charge in [-0.05, 0) is 48.0 Å². The van der Waals surface area contributed by atoms with Crippen LogP contribution in [0.3, 0.4) is 0 Å². The van der Waals surface area contributed by atoms with Crippen molar-refractivity contribution in [3.05, 3.63) is 29.8 Å². The van der Waals surface area contributed by atoms with Gasteiger partial charge >= 0.3 is 0 Å². The van der Waals surface area contributed by atoms with Crippen LogP contribution in [0.1, 0.15) is 31.4 Å².